The molecular weight excluding hydrogens is 286 g/mol. The molecule has 1 fully saturated rings. The van der Waals surface area contributed by atoms with E-state index in [2.05, 4.69) is 41.1 Å². The molecule has 1 saturated heterocycles. The van der Waals surface area contributed by atoms with Gasteiger partial charge in [-0.15, -0.1) is 0 Å². The van der Waals surface area contributed by atoms with Gasteiger partial charge in [-0.05, 0) is 38.0 Å². The van der Waals surface area contributed by atoms with Crippen molar-refractivity contribution in [1.82, 2.24) is 15.1 Å². The molecule has 0 radical (unpaired) electrons. The smallest absolute Gasteiger partial charge is 0.227 e. The summed E-state index contributed by atoms with van der Waals surface area (Å²) in [6, 6.07) is 10.3. The zero-order chi connectivity index (χ0) is 16.5. The molecule has 2 rings (SSSR count). The van der Waals surface area contributed by atoms with Crippen LogP contribution in [0.3, 0.4) is 0 Å². The Morgan fingerprint density at radius 3 is 2.52 bits per heavy atom. The number of hydrogen-bond donors (Lipinski definition) is 1. The number of benzene rings is 1. The van der Waals surface area contributed by atoms with E-state index in [0.29, 0.717) is 5.91 Å². The molecule has 1 amide bonds. The zero-order valence-corrected chi connectivity index (χ0v) is 14.6. The third kappa shape index (κ3) is 5.63. The van der Waals surface area contributed by atoms with Crippen LogP contribution in [0.2, 0.25) is 0 Å². The Morgan fingerprint density at radius 1 is 1.17 bits per heavy atom. The number of piperidine rings is 1. The number of amides is 1. The fourth-order valence-electron chi connectivity index (χ4n) is 3.19. The van der Waals surface area contributed by atoms with Gasteiger partial charge in [0.15, 0.2) is 0 Å². The fraction of sp³-hybridized carbons (Fsp3) is 0.632. The normalized spacial score (nSPS) is 18.1. The van der Waals surface area contributed by atoms with Crippen molar-refractivity contribution in [2.45, 2.75) is 33.2 Å². The Bertz CT molecular complexity index is 453. The van der Waals surface area contributed by atoms with Crippen LogP contribution in [0.5, 0.6) is 0 Å². The molecule has 0 bridgehead atoms. The molecule has 128 valence electrons. The molecule has 1 heterocycles. The van der Waals surface area contributed by atoms with Crippen LogP contribution in [0.4, 0.5) is 0 Å². The van der Waals surface area contributed by atoms with Gasteiger partial charge in [-0.3, -0.25) is 4.79 Å². The first-order chi connectivity index (χ1) is 11.2. The summed E-state index contributed by atoms with van der Waals surface area (Å²) in [4.78, 5) is 17.4. The Kier molecular flexibility index (Phi) is 7.56. The summed E-state index contributed by atoms with van der Waals surface area (Å²) in [5.41, 5.74) is 1.21. The van der Waals surface area contributed by atoms with E-state index in [1.54, 1.807) is 0 Å². The summed E-state index contributed by atoms with van der Waals surface area (Å²) in [7, 11) is 0. The van der Waals surface area contributed by atoms with E-state index in [0.717, 1.165) is 58.7 Å². The molecule has 1 aliphatic heterocycles. The third-order valence-electron chi connectivity index (χ3n) is 4.75. The highest BCUT2D eigenvalue weighted by atomic mass is 16.2. The van der Waals surface area contributed by atoms with Crippen LogP contribution < -0.4 is 5.32 Å². The first-order valence-electron chi connectivity index (χ1n) is 9.00. The van der Waals surface area contributed by atoms with Crippen LogP contribution in [0.25, 0.3) is 0 Å². The van der Waals surface area contributed by atoms with Gasteiger partial charge in [0.05, 0.1) is 5.92 Å². The standard InChI is InChI=1S/C19H31N3O/c1-3-21(4-2)13-14-22(16-17-9-6-5-7-10-17)19(23)18-11-8-12-20-15-18/h5-7,9-10,18,20H,3-4,8,11-16H2,1-2H3. The lowest BCUT2D eigenvalue weighted by Gasteiger charge is -2.31. The molecule has 1 atom stereocenters. The van der Waals surface area contributed by atoms with E-state index in [4.69, 9.17) is 0 Å². The summed E-state index contributed by atoms with van der Waals surface area (Å²) in [5, 5.41) is 3.36. The minimum absolute atomic E-state index is 0.143. The molecule has 0 spiro atoms. The predicted molar refractivity (Wildman–Crippen MR) is 95.2 cm³/mol. The van der Waals surface area contributed by atoms with Gasteiger partial charge in [-0.25, -0.2) is 0 Å². The van der Waals surface area contributed by atoms with Crippen molar-refractivity contribution in [2.24, 2.45) is 5.92 Å². The lowest BCUT2D eigenvalue weighted by atomic mass is 9.98. The molecule has 0 aliphatic carbocycles. The Hall–Kier alpha value is -1.39. The van der Waals surface area contributed by atoms with Crippen molar-refractivity contribution >= 4 is 5.91 Å². The highest BCUT2D eigenvalue weighted by molar-refractivity contribution is 5.79. The van der Waals surface area contributed by atoms with E-state index >= 15 is 0 Å². The molecule has 1 aromatic rings. The molecule has 23 heavy (non-hydrogen) atoms. The van der Waals surface area contributed by atoms with E-state index in [-0.39, 0.29) is 5.92 Å². The monoisotopic (exact) mass is 317 g/mol. The van der Waals surface area contributed by atoms with Gasteiger partial charge in [0.2, 0.25) is 5.91 Å². The first-order valence-corrected chi connectivity index (χ1v) is 9.00. The maximum Gasteiger partial charge on any atom is 0.227 e. The minimum Gasteiger partial charge on any atom is -0.337 e. The predicted octanol–water partition coefficient (Wildman–Crippen LogP) is 2.36. The van der Waals surface area contributed by atoms with Crippen LogP contribution in [-0.2, 0) is 11.3 Å². The Labute approximate surface area is 140 Å². The molecule has 1 aromatic carbocycles. The lowest BCUT2D eigenvalue weighted by molar-refractivity contribution is -0.137. The molecule has 0 aromatic heterocycles. The maximum absolute atomic E-state index is 13.0. The summed E-state index contributed by atoms with van der Waals surface area (Å²) in [6.45, 7) is 10.8. The third-order valence-corrected chi connectivity index (χ3v) is 4.75. The maximum atomic E-state index is 13.0. The molecule has 0 saturated carbocycles. The molecule has 1 unspecified atom stereocenters. The zero-order valence-electron chi connectivity index (χ0n) is 14.6. The van der Waals surface area contributed by atoms with Crippen LogP contribution in [0, 0.1) is 5.92 Å². The topological polar surface area (TPSA) is 35.6 Å². The number of rotatable bonds is 8. The summed E-state index contributed by atoms with van der Waals surface area (Å²) in [6.07, 6.45) is 2.12. The van der Waals surface area contributed by atoms with Gasteiger partial charge >= 0.3 is 0 Å². The van der Waals surface area contributed by atoms with Gasteiger partial charge in [0, 0.05) is 26.2 Å². The molecule has 1 aliphatic rings. The van der Waals surface area contributed by atoms with E-state index in [1.807, 2.05) is 18.2 Å². The van der Waals surface area contributed by atoms with E-state index in [1.165, 1.54) is 5.56 Å². The number of carbonyl (C=O) groups excluding carboxylic acids is 1. The average molecular weight is 317 g/mol. The highest BCUT2D eigenvalue weighted by Gasteiger charge is 2.26. The minimum atomic E-state index is 0.143. The molecular formula is C19H31N3O. The van der Waals surface area contributed by atoms with Gasteiger partial charge in [0.1, 0.15) is 0 Å². The number of nitrogens with one attached hydrogen (secondary N) is 1. The number of likely N-dealkylation sites (N-methyl/N-ethyl adjacent to an activating group) is 1. The second kappa shape index (κ2) is 9.68. The summed E-state index contributed by atoms with van der Waals surface area (Å²) < 4.78 is 0. The van der Waals surface area contributed by atoms with E-state index < -0.39 is 0 Å². The van der Waals surface area contributed by atoms with Crippen LogP contribution >= 0.6 is 0 Å². The quantitative estimate of drug-likeness (QED) is 0.799. The van der Waals surface area contributed by atoms with Crippen molar-refractivity contribution in [1.29, 1.82) is 0 Å². The summed E-state index contributed by atoms with van der Waals surface area (Å²) >= 11 is 0. The van der Waals surface area contributed by atoms with Gasteiger partial charge in [-0.2, -0.15) is 0 Å². The average Bonchev–Trinajstić information content (AvgIpc) is 2.62. The van der Waals surface area contributed by atoms with Gasteiger partial charge < -0.3 is 15.1 Å². The SMILES string of the molecule is CCN(CC)CCN(Cc1ccccc1)C(=O)C1CCCNC1. The molecule has 4 heteroatoms. The number of carbonyl (C=O) groups is 1. The Balaban J connectivity index is 2.01. The fourth-order valence-corrected chi connectivity index (χ4v) is 3.19. The molecule has 4 nitrogen and oxygen atoms in total. The van der Waals surface area contributed by atoms with Crippen molar-refractivity contribution in [3.8, 4) is 0 Å². The van der Waals surface area contributed by atoms with Crippen LogP contribution in [0.1, 0.15) is 32.3 Å². The Morgan fingerprint density at radius 2 is 1.91 bits per heavy atom. The second-order valence-electron chi connectivity index (χ2n) is 6.32. The van der Waals surface area contributed by atoms with Crippen molar-refractivity contribution in [3.05, 3.63) is 35.9 Å². The van der Waals surface area contributed by atoms with Gasteiger partial charge in [-0.1, -0.05) is 44.2 Å². The number of hydrogen-bond acceptors (Lipinski definition) is 3. The van der Waals surface area contributed by atoms with Gasteiger partial charge in [0.25, 0.3) is 0 Å². The summed E-state index contributed by atoms with van der Waals surface area (Å²) in [5.74, 6) is 0.456. The van der Waals surface area contributed by atoms with Crippen molar-refractivity contribution in [3.63, 3.8) is 0 Å². The largest absolute Gasteiger partial charge is 0.337 e. The second-order valence-corrected chi connectivity index (χ2v) is 6.32. The van der Waals surface area contributed by atoms with Crippen molar-refractivity contribution in [2.75, 3.05) is 39.3 Å². The molecule has 1 N–H and O–H groups in total. The number of nitrogens with zero attached hydrogens (tertiary/aromatic N) is 2. The van der Waals surface area contributed by atoms with Crippen LogP contribution in [0.15, 0.2) is 30.3 Å². The van der Waals surface area contributed by atoms with E-state index in [9.17, 15) is 4.79 Å². The van der Waals surface area contributed by atoms with Crippen LogP contribution in [-0.4, -0.2) is 55.0 Å². The van der Waals surface area contributed by atoms with Crippen molar-refractivity contribution < 1.29 is 4.79 Å². The first kappa shape index (κ1) is 18.0. The lowest BCUT2D eigenvalue weighted by Crippen LogP contribution is -2.45. The highest BCUT2D eigenvalue weighted by Crippen LogP contribution is 2.16.